The first kappa shape index (κ1) is 8.95. The first-order valence-corrected chi connectivity index (χ1v) is 3.35. The minimum atomic E-state index is 0.938. The lowest BCUT2D eigenvalue weighted by atomic mass is 10.2. The van der Waals surface area contributed by atoms with Gasteiger partial charge in [0.15, 0.2) is 0 Å². The van der Waals surface area contributed by atoms with E-state index in [9.17, 15) is 0 Å². The first-order valence-electron chi connectivity index (χ1n) is 3.35. The van der Waals surface area contributed by atoms with Crippen LogP contribution in [-0.4, -0.2) is 11.4 Å². The highest BCUT2D eigenvalue weighted by Gasteiger charge is 1.82. The Morgan fingerprint density at radius 2 is 2.30 bits per heavy atom. The van der Waals surface area contributed by atoms with Gasteiger partial charge >= 0.3 is 0 Å². The minimum Gasteiger partial charge on any atom is -0.411 e. The van der Waals surface area contributed by atoms with Crippen molar-refractivity contribution in [3.8, 4) is 0 Å². The quantitative estimate of drug-likeness (QED) is 0.277. The van der Waals surface area contributed by atoms with Gasteiger partial charge in [0.2, 0.25) is 0 Å². The molecule has 0 aromatic rings. The average molecular weight is 139 g/mol. The van der Waals surface area contributed by atoms with Crippen LogP contribution in [0.25, 0.3) is 0 Å². The fourth-order valence-corrected chi connectivity index (χ4v) is 0.659. The van der Waals surface area contributed by atoms with Crippen LogP contribution in [0.5, 0.6) is 0 Å². The summed E-state index contributed by atoms with van der Waals surface area (Å²) in [4.78, 5) is 0. The monoisotopic (exact) mass is 139 g/mol. The molecule has 0 fully saturated rings. The van der Waals surface area contributed by atoms with E-state index in [2.05, 4.69) is 5.16 Å². The summed E-state index contributed by atoms with van der Waals surface area (Å²) in [5.41, 5.74) is 0.938. The Morgan fingerprint density at radius 3 is 2.70 bits per heavy atom. The molecule has 56 valence electrons. The van der Waals surface area contributed by atoms with Gasteiger partial charge in [0, 0.05) is 0 Å². The van der Waals surface area contributed by atoms with Crippen LogP contribution in [0.15, 0.2) is 29.0 Å². The van der Waals surface area contributed by atoms with Crippen molar-refractivity contribution in [2.75, 3.05) is 0 Å². The Labute approximate surface area is 61.6 Å². The Hall–Kier alpha value is -1.05. The fraction of sp³-hybridized carbons (Fsp3) is 0.375. The van der Waals surface area contributed by atoms with Gasteiger partial charge in [0.25, 0.3) is 0 Å². The summed E-state index contributed by atoms with van der Waals surface area (Å²) in [6.07, 6.45) is 8.15. The molecule has 0 unspecified atom stereocenters. The zero-order chi connectivity index (χ0) is 7.82. The highest BCUT2D eigenvalue weighted by atomic mass is 16.4. The molecule has 0 aromatic heterocycles. The zero-order valence-electron chi connectivity index (χ0n) is 6.41. The van der Waals surface area contributed by atoms with Crippen molar-refractivity contribution in [3.05, 3.63) is 23.8 Å². The summed E-state index contributed by atoms with van der Waals surface area (Å²) < 4.78 is 0. The summed E-state index contributed by atoms with van der Waals surface area (Å²) in [6, 6.07) is 0. The molecule has 0 aliphatic carbocycles. The van der Waals surface area contributed by atoms with E-state index in [1.807, 2.05) is 32.1 Å². The number of nitrogens with zero attached hydrogens (tertiary/aromatic N) is 1. The number of hydrogen-bond donors (Lipinski definition) is 1. The summed E-state index contributed by atoms with van der Waals surface area (Å²) in [5.74, 6) is 0. The molecule has 0 rings (SSSR count). The molecule has 1 N–H and O–H groups in total. The second-order valence-corrected chi connectivity index (χ2v) is 1.86. The molecule has 0 atom stereocenters. The van der Waals surface area contributed by atoms with Crippen molar-refractivity contribution in [3.63, 3.8) is 0 Å². The van der Waals surface area contributed by atoms with E-state index < -0.39 is 0 Å². The molecule has 0 saturated carbocycles. The van der Waals surface area contributed by atoms with Gasteiger partial charge in [0.1, 0.15) is 0 Å². The standard InChI is InChI=1S/C8H13NO/c1-3-5-8(6-4-2)7-9-10/h3,5-7,10H,4H2,1-2H3/b5-3-,8-6+,9-7+. The first-order chi connectivity index (χ1) is 4.85. The summed E-state index contributed by atoms with van der Waals surface area (Å²) in [6.45, 7) is 3.96. The van der Waals surface area contributed by atoms with Crippen molar-refractivity contribution in [1.82, 2.24) is 0 Å². The van der Waals surface area contributed by atoms with Crippen molar-refractivity contribution >= 4 is 6.21 Å². The maximum Gasteiger partial charge on any atom is 0.0730 e. The molecule has 0 amide bonds. The van der Waals surface area contributed by atoms with Crippen molar-refractivity contribution in [2.24, 2.45) is 5.16 Å². The van der Waals surface area contributed by atoms with Crippen LogP contribution < -0.4 is 0 Å². The topological polar surface area (TPSA) is 32.6 Å². The molecule has 10 heavy (non-hydrogen) atoms. The molecule has 2 nitrogen and oxygen atoms in total. The normalized spacial score (nSPS) is 13.6. The Morgan fingerprint density at radius 1 is 1.60 bits per heavy atom. The second-order valence-electron chi connectivity index (χ2n) is 1.86. The predicted molar refractivity (Wildman–Crippen MR) is 43.5 cm³/mol. The Kier molecular flexibility index (Phi) is 5.44. The van der Waals surface area contributed by atoms with Gasteiger partial charge < -0.3 is 5.21 Å². The summed E-state index contributed by atoms with van der Waals surface area (Å²) >= 11 is 0. The molecule has 0 radical (unpaired) electrons. The molecule has 0 bridgehead atoms. The Balaban J connectivity index is 4.11. The lowest BCUT2D eigenvalue weighted by Gasteiger charge is -1.87. The fourth-order valence-electron chi connectivity index (χ4n) is 0.659. The van der Waals surface area contributed by atoms with Gasteiger partial charge in [-0.05, 0) is 18.9 Å². The van der Waals surface area contributed by atoms with Crippen molar-refractivity contribution in [1.29, 1.82) is 0 Å². The molecule has 0 spiro atoms. The van der Waals surface area contributed by atoms with Crippen LogP contribution in [-0.2, 0) is 0 Å². The smallest absolute Gasteiger partial charge is 0.0730 e. The second kappa shape index (κ2) is 6.08. The number of hydrogen-bond acceptors (Lipinski definition) is 2. The largest absolute Gasteiger partial charge is 0.411 e. The van der Waals surface area contributed by atoms with Crippen LogP contribution in [0.4, 0.5) is 0 Å². The number of rotatable bonds is 3. The van der Waals surface area contributed by atoms with Gasteiger partial charge in [-0.15, -0.1) is 0 Å². The third-order valence-electron chi connectivity index (χ3n) is 1.01. The summed E-state index contributed by atoms with van der Waals surface area (Å²) in [5, 5.41) is 11.1. The van der Waals surface area contributed by atoms with Crippen LogP contribution in [0, 0.1) is 0 Å². The van der Waals surface area contributed by atoms with Crippen LogP contribution in [0.1, 0.15) is 20.3 Å². The Bertz CT molecular complexity index is 143. The zero-order valence-corrected chi connectivity index (χ0v) is 6.41. The maximum absolute atomic E-state index is 8.18. The molecular weight excluding hydrogens is 126 g/mol. The molecule has 0 saturated heterocycles. The van der Waals surface area contributed by atoms with Gasteiger partial charge in [-0.3, -0.25) is 0 Å². The molecular formula is C8H13NO. The minimum absolute atomic E-state index is 0.938. The van der Waals surface area contributed by atoms with Gasteiger partial charge in [-0.1, -0.05) is 30.3 Å². The maximum atomic E-state index is 8.18. The molecule has 0 heterocycles. The highest BCUT2D eigenvalue weighted by Crippen LogP contribution is 1.94. The third kappa shape index (κ3) is 3.89. The predicted octanol–water partition coefficient (Wildman–Crippen LogP) is 2.36. The van der Waals surface area contributed by atoms with E-state index in [1.54, 1.807) is 0 Å². The number of oxime groups is 1. The van der Waals surface area contributed by atoms with Crippen LogP contribution in [0.2, 0.25) is 0 Å². The third-order valence-corrected chi connectivity index (χ3v) is 1.01. The van der Waals surface area contributed by atoms with Gasteiger partial charge in [-0.25, -0.2) is 0 Å². The van der Waals surface area contributed by atoms with Gasteiger partial charge in [0.05, 0.1) is 6.21 Å². The van der Waals surface area contributed by atoms with E-state index in [-0.39, 0.29) is 0 Å². The molecule has 0 aliphatic rings. The highest BCUT2D eigenvalue weighted by molar-refractivity contribution is 5.81. The lowest BCUT2D eigenvalue weighted by molar-refractivity contribution is 0.322. The van der Waals surface area contributed by atoms with Crippen molar-refractivity contribution in [2.45, 2.75) is 20.3 Å². The molecule has 0 aliphatic heterocycles. The van der Waals surface area contributed by atoms with E-state index in [1.165, 1.54) is 6.21 Å². The van der Waals surface area contributed by atoms with E-state index in [4.69, 9.17) is 5.21 Å². The van der Waals surface area contributed by atoms with E-state index in [0.29, 0.717) is 0 Å². The van der Waals surface area contributed by atoms with Crippen LogP contribution in [0.3, 0.4) is 0 Å². The van der Waals surface area contributed by atoms with Crippen LogP contribution >= 0.6 is 0 Å². The summed E-state index contributed by atoms with van der Waals surface area (Å²) in [7, 11) is 0. The van der Waals surface area contributed by atoms with Crippen molar-refractivity contribution < 1.29 is 5.21 Å². The SMILES string of the molecule is C\C=C/C(/C=N/O)=C\CC. The molecule has 2 heteroatoms. The van der Waals surface area contributed by atoms with E-state index in [0.717, 1.165) is 12.0 Å². The average Bonchev–Trinajstić information content (AvgIpc) is 1.90. The number of allylic oxidation sites excluding steroid dienone is 4. The van der Waals surface area contributed by atoms with Gasteiger partial charge in [-0.2, -0.15) is 0 Å². The lowest BCUT2D eigenvalue weighted by Crippen LogP contribution is -1.78. The van der Waals surface area contributed by atoms with E-state index >= 15 is 0 Å². The molecule has 0 aromatic carbocycles.